The van der Waals surface area contributed by atoms with Crippen molar-refractivity contribution < 1.29 is 4.74 Å². The Morgan fingerprint density at radius 1 is 1.09 bits per heavy atom. The lowest BCUT2D eigenvalue weighted by molar-refractivity contribution is 0.246. The minimum atomic E-state index is 0.615. The molecule has 0 aliphatic carbocycles. The van der Waals surface area contributed by atoms with Gasteiger partial charge in [0.05, 0.1) is 7.11 Å². The molecule has 124 valence electrons. The number of aromatic nitrogens is 4. The molecule has 23 heavy (non-hydrogen) atoms. The van der Waals surface area contributed by atoms with Gasteiger partial charge in [-0.3, -0.25) is 4.90 Å². The first-order chi connectivity index (χ1) is 11.3. The fourth-order valence-electron chi connectivity index (χ4n) is 2.88. The summed E-state index contributed by atoms with van der Waals surface area (Å²) in [4.78, 5) is 17.8. The van der Waals surface area contributed by atoms with E-state index in [1.165, 1.54) is 0 Å². The van der Waals surface area contributed by atoms with Crippen molar-refractivity contribution in [1.82, 2.24) is 24.4 Å². The Balaban J connectivity index is 1.50. The van der Waals surface area contributed by atoms with Gasteiger partial charge in [0.2, 0.25) is 11.8 Å². The molecule has 0 radical (unpaired) electrons. The van der Waals surface area contributed by atoms with E-state index in [0.29, 0.717) is 5.88 Å². The van der Waals surface area contributed by atoms with E-state index in [1.54, 1.807) is 19.4 Å². The second-order valence-corrected chi connectivity index (χ2v) is 5.62. The monoisotopic (exact) mass is 316 g/mol. The largest absolute Gasteiger partial charge is 0.481 e. The molecule has 1 fully saturated rings. The number of methoxy groups -OCH3 is 1. The molecule has 0 spiro atoms. The zero-order valence-electron chi connectivity index (χ0n) is 13.9. The minimum absolute atomic E-state index is 0.615. The second kappa shape index (κ2) is 7.41. The molecule has 0 bridgehead atoms. The molecule has 3 rings (SSSR count). The van der Waals surface area contributed by atoms with Crippen LogP contribution in [0.4, 0.5) is 5.95 Å². The molecule has 0 unspecified atom stereocenters. The number of aryl methyl sites for hydroxylation is 1. The fourth-order valence-corrected chi connectivity index (χ4v) is 2.88. The zero-order valence-corrected chi connectivity index (χ0v) is 13.9. The maximum Gasteiger partial charge on any atom is 0.228 e. The molecule has 0 aromatic carbocycles. The first-order valence-electron chi connectivity index (χ1n) is 8.14. The molecule has 2 aromatic rings. The van der Waals surface area contributed by atoms with Gasteiger partial charge < -0.3 is 14.2 Å². The summed E-state index contributed by atoms with van der Waals surface area (Å²) in [6.07, 6.45) is 6.68. The van der Waals surface area contributed by atoms with Gasteiger partial charge in [-0.15, -0.1) is 0 Å². The number of piperazine rings is 1. The smallest absolute Gasteiger partial charge is 0.228 e. The van der Waals surface area contributed by atoms with Crippen molar-refractivity contribution in [3.8, 4) is 5.88 Å². The van der Waals surface area contributed by atoms with Crippen molar-refractivity contribution in [2.75, 3.05) is 44.7 Å². The fraction of sp³-hybridized carbons (Fsp3) is 0.562. The molecule has 0 amide bonds. The predicted molar refractivity (Wildman–Crippen MR) is 88.8 cm³/mol. The first kappa shape index (κ1) is 15.7. The van der Waals surface area contributed by atoms with E-state index in [1.807, 2.05) is 6.20 Å². The van der Waals surface area contributed by atoms with E-state index in [9.17, 15) is 0 Å². The lowest BCUT2D eigenvalue weighted by atomic mass is 10.3. The van der Waals surface area contributed by atoms with E-state index in [4.69, 9.17) is 4.74 Å². The highest BCUT2D eigenvalue weighted by Crippen LogP contribution is 2.14. The number of ether oxygens (including phenoxy) is 1. The van der Waals surface area contributed by atoms with Crippen molar-refractivity contribution in [2.24, 2.45) is 0 Å². The van der Waals surface area contributed by atoms with E-state index in [0.717, 1.165) is 57.5 Å². The first-order valence-corrected chi connectivity index (χ1v) is 8.14. The molecule has 0 saturated carbocycles. The Morgan fingerprint density at radius 3 is 2.65 bits per heavy atom. The number of hydrogen-bond donors (Lipinski definition) is 0. The van der Waals surface area contributed by atoms with Gasteiger partial charge in [-0.2, -0.15) is 4.98 Å². The van der Waals surface area contributed by atoms with Crippen LogP contribution in [0.5, 0.6) is 5.88 Å². The van der Waals surface area contributed by atoms with Crippen LogP contribution in [-0.2, 0) is 13.0 Å². The minimum Gasteiger partial charge on any atom is -0.481 e. The summed E-state index contributed by atoms with van der Waals surface area (Å²) in [7, 11) is 1.63. The van der Waals surface area contributed by atoms with Crippen LogP contribution in [0, 0.1) is 0 Å². The molecule has 7 nitrogen and oxygen atoms in total. The maximum absolute atomic E-state index is 5.17. The van der Waals surface area contributed by atoms with Gasteiger partial charge in [0.15, 0.2) is 0 Å². The molecule has 1 saturated heterocycles. The van der Waals surface area contributed by atoms with Crippen LogP contribution in [0.25, 0.3) is 0 Å². The van der Waals surface area contributed by atoms with Crippen LogP contribution >= 0.6 is 0 Å². The number of nitrogens with zero attached hydrogens (tertiary/aromatic N) is 6. The molecule has 1 aliphatic heterocycles. The van der Waals surface area contributed by atoms with Gasteiger partial charge in [-0.05, 0) is 0 Å². The molecular weight excluding hydrogens is 292 g/mol. The molecule has 3 heterocycles. The number of imidazole rings is 1. The van der Waals surface area contributed by atoms with E-state index in [2.05, 4.69) is 42.4 Å². The highest BCUT2D eigenvalue weighted by atomic mass is 16.5. The van der Waals surface area contributed by atoms with Gasteiger partial charge in [0, 0.05) is 70.3 Å². The Kier molecular flexibility index (Phi) is 5.07. The zero-order chi connectivity index (χ0) is 16.1. The van der Waals surface area contributed by atoms with Crippen molar-refractivity contribution in [2.45, 2.75) is 19.9 Å². The van der Waals surface area contributed by atoms with E-state index < -0.39 is 0 Å². The summed E-state index contributed by atoms with van der Waals surface area (Å²) >= 11 is 0. The normalized spacial score (nSPS) is 15.8. The topological polar surface area (TPSA) is 59.3 Å². The third kappa shape index (κ3) is 3.79. The van der Waals surface area contributed by atoms with E-state index in [-0.39, 0.29) is 0 Å². The van der Waals surface area contributed by atoms with Crippen molar-refractivity contribution in [1.29, 1.82) is 0 Å². The molecular formula is C16H24N6O. The molecule has 0 atom stereocenters. The van der Waals surface area contributed by atoms with Crippen molar-refractivity contribution >= 4 is 5.95 Å². The van der Waals surface area contributed by atoms with Gasteiger partial charge in [-0.1, -0.05) is 6.92 Å². The number of anilines is 1. The maximum atomic E-state index is 5.17. The van der Waals surface area contributed by atoms with Crippen LogP contribution in [-0.4, -0.2) is 64.3 Å². The average molecular weight is 316 g/mol. The van der Waals surface area contributed by atoms with Gasteiger partial charge in [0.1, 0.15) is 5.82 Å². The quantitative estimate of drug-likeness (QED) is 0.794. The number of rotatable bonds is 6. The highest BCUT2D eigenvalue weighted by molar-refractivity contribution is 5.32. The lowest BCUT2D eigenvalue weighted by Gasteiger charge is -2.34. The Bertz CT molecular complexity index is 621. The SMILES string of the molecule is CCc1nccn1CCN1CCN(c2nccc(OC)n2)CC1. The van der Waals surface area contributed by atoms with Gasteiger partial charge >= 0.3 is 0 Å². The number of hydrogen-bond acceptors (Lipinski definition) is 6. The summed E-state index contributed by atoms with van der Waals surface area (Å²) < 4.78 is 7.42. The van der Waals surface area contributed by atoms with Crippen molar-refractivity contribution in [3.05, 3.63) is 30.5 Å². The summed E-state index contributed by atoms with van der Waals surface area (Å²) in [5.41, 5.74) is 0. The highest BCUT2D eigenvalue weighted by Gasteiger charge is 2.19. The lowest BCUT2D eigenvalue weighted by Crippen LogP contribution is -2.47. The Hall–Kier alpha value is -2.15. The van der Waals surface area contributed by atoms with Crippen LogP contribution in [0.1, 0.15) is 12.7 Å². The van der Waals surface area contributed by atoms with Crippen LogP contribution < -0.4 is 9.64 Å². The average Bonchev–Trinajstić information content (AvgIpc) is 3.08. The van der Waals surface area contributed by atoms with Crippen molar-refractivity contribution in [3.63, 3.8) is 0 Å². The van der Waals surface area contributed by atoms with Gasteiger partial charge in [0.25, 0.3) is 0 Å². The van der Waals surface area contributed by atoms with Crippen LogP contribution in [0.3, 0.4) is 0 Å². The Morgan fingerprint density at radius 2 is 1.91 bits per heavy atom. The van der Waals surface area contributed by atoms with Gasteiger partial charge in [-0.25, -0.2) is 9.97 Å². The predicted octanol–water partition coefficient (Wildman–Crippen LogP) is 1.07. The van der Waals surface area contributed by atoms with E-state index >= 15 is 0 Å². The summed E-state index contributed by atoms with van der Waals surface area (Å²) in [6, 6.07) is 1.77. The van der Waals surface area contributed by atoms with Crippen LogP contribution in [0.15, 0.2) is 24.7 Å². The Labute approximate surface area is 136 Å². The molecule has 2 aromatic heterocycles. The summed E-state index contributed by atoms with van der Waals surface area (Å²) in [6.45, 7) is 8.13. The third-order valence-electron chi connectivity index (χ3n) is 4.26. The second-order valence-electron chi connectivity index (χ2n) is 5.62. The molecule has 0 N–H and O–H groups in total. The molecule has 7 heteroatoms. The molecule has 1 aliphatic rings. The third-order valence-corrected chi connectivity index (χ3v) is 4.26. The summed E-state index contributed by atoms with van der Waals surface area (Å²) in [5.74, 6) is 2.53. The van der Waals surface area contributed by atoms with Crippen LogP contribution in [0.2, 0.25) is 0 Å². The summed E-state index contributed by atoms with van der Waals surface area (Å²) in [5, 5.41) is 0. The standard InChI is InChI=1S/C16H24N6O/c1-3-14-17-6-7-21(14)11-8-20-9-12-22(13-10-20)16-18-5-4-15(19-16)23-2/h4-7H,3,8-13H2,1-2H3.